The van der Waals surface area contributed by atoms with Crippen molar-refractivity contribution in [3.8, 4) is 0 Å². The summed E-state index contributed by atoms with van der Waals surface area (Å²) in [6.07, 6.45) is 0. The lowest BCUT2D eigenvalue weighted by Gasteiger charge is -2.07. The summed E-state index contributed by atoms with van der Waals surface area (Å²) in [7, 11) is -4.57. The smallest absolute Gasteiger partial charge is 0.452 e. The number of rotatable bonds is 1. The van der Waals surface area contributed by atoms with Crippen molar-refractivity contribution in [1.82, 2.24) is 0 Å². The molecular formula is CH6N2O4Si. The minimum absolute atomic E-state index is 0.913. The Balaban J connectivity index is 3.55. The van der Waals surface area contributed by atoms with E-state index in [9.17, 15) is 0 Å². The first-order valence-corrected chi connectivity index (χ1v) is 3.37. The minimum Gasteiger partial charge on any atom is -0.452 e. The SMILES string of the molecule is N=C(N)O[Si](O)(O)O. The molecule has 0 fully saturated rings. The summed E-state index contributed by atoms with van der Waals surface area (Å²) in [6.45, 7) is 0. The molecule has 48 valence electrons. The van der Waals surface area contributed by atoms with Gasteiger partial charge in [-0.2, -0.15) is 0 Å². The van der Waals surface area contributed by atoms with Crippen molar-refractivity contribution < 1.29 is 18.8 Å². The van der Waals surface area contributed by atoms with Crippen molar-refractivity contribution in [2.24, 2.45) is 5.73 Å². The predicted molar refractivity (Wildman–Crippen MR) is 25.4 cm³/mol. The van der Waals surface area contributed by atoms with Crippen molar-refractivity contribution >= 4 is 15.1 Å². The van der Waals surface area contributed by atoms with Gasteiger partial charge in [-0.15, -0.1) is 0 Å². The second kappa shape index (κ2) is 2.09. The van der Waals surface area contributed by atoms with Gasteiger partial charge in [-0.1, -0.05) is 0 Å². The number of nitrogens with one attached hydrogen (secondary N) is 1. The average molecular weight is 138 g/mol. The largest absolute Gasteiger partial charge is 0.743 e. The van der Waals surface area contributed by atoms with Gasteiger partial charge in [0.1, 0.15) is 0 Å². The number of amidine groups is 1. The molecule has 0 aromatic carbocycles. The van der Waals surface area contributed by atoms with E-state index < -0.39 is 15.1 Å². The maximum absolute atomic E-state index is 8.00. The molecule has 0 bridgehead atoms. The van der Waals surface area contributed by atoms with Crippen molar-refractivity contribution in [3.05, 3.63) is 0 Å². The molecule has 0 amide bonds. The number of hydrogen-bond acceptors (Lipinski definition) is 5. The monoisotopic (exact) mass is 138 g/mol. The van der Waals surface area contributed by atoms with E-state index in [1.54, 1.807) is 0 Å². The Morgan fingerprint density at radius 3 is 1.88 bits per heavy atom. The van der Waals surface area contributed by atoms with Gasteiger partial charge in [0.2, 0.25) is 0 Å². The van der Waals surface area contributed by atoms with E-state index in [1.165, 1.54) is 0 Å². The van der Waals surface area contributed by atoms with Gasteiger partial charge in [0, 0.05) is 0 Å². The Bertz CT molecular complexity index is 96.7. The van der Waals surface area contributed by atoms with E-state index in [2.05, 4.69) is 10.2 Å². The summed E-state index contributed by atoms with van der Waals surface area (Å²) >= 11 is 0. The molecule has 7 heteroatoms. The fourth-order valence-electron chi connectivity index (χ4n) is 0.148. The quantitative estimate of drug-likeness (QED) is 0.153. The topological polar surface area (TPSA) is 120 Å². The Kier molecular flexibility index (Phi) is 1.92. The van der Waals surface area contributed by atoms with Crippen molar-refractivity contribution in [2.45, 2.75) is 0 Å². The summed E-state index contributed by atoms with van der Waals surface area (Å²) in [5, 5.41) is 6.26. The van der Waals surface area contributed by atoms with Crippen molar-refractivity contribution in [2.75, 3.05) is 0 Å². The Morgan fingerprint density at radius 1 is 1.50 bits per heavy atom. The van der Waals surface area contributed by atoms with E-state index in [4.69, 9.17) is 19.8 Å². The normalized spacial score (nSPS) is 10.9. The number of hydrogen-bond donors (Lipinski definition) is 5. The predicted octanol–water partition coefficient (Wildman–Crippen LogP) is -2.69. The molecule has 0 radical (unpaired) electrons. The van der Waals surface area contributed by atoms with Gasteiger partial charge in [0.15, 0.2) is 0 Å². The van der Waals surface area contributed by atoms with Gasteiger partial charge < -0.3 is 24.5 Å². The lowest BCUT2D eigenvalue weighted by molar-refractivity contribution is 0.121. The highest BCUT2D eigenvalue weighted by Gasteiger charge is 2.33. The number of nitrogens with two attached hydrogens (primary N) is 1. The average Bonchev–Trinajstić information content (AvgIpc) is 1.21. The first kappa shape index (κ1) is 7.37. The maximum Gasteiger partial charge on any atom is 0.743 e. The molecule has 0 heterocycles. The van der Waals surface area contributed by atoms with E-state index in [1.807, 2.05) is 0 Å². The van der Waals surface area contributed by atoms with Gasteiger partial charge in [-0.05, 0) is 0 Å². The zero-order valence-corrected chi connectivity index (χ0v) is 4.83. The molecule has 0 spiro atoms. The van der Waals surface area contributed by atoms with Gasteiger partial charge in [0.25, 0.3) is 6.02 Å². The first-order chi connectivity index (χ1) is 3.42. The fraction of sp³-hybridized carbons (Fsp3) is 0. The zero-order chi connectivity index (χ0) is 6.78. The highest BCUT2D eigenvalue weighted by molar-refractivity contribution is 6.50. The standard InChI is InChI=1S/CH6N2O4Si/c2-1(3)7-8(4,5)6/h4-6H,(H3,2,3). The third kappa shape index (κ3) is 5.37. The van der Waals surface area contributed by atoms with Crippen LogP contribution in [0.3, 0.4) is 0 Å². The van der Waals surface area contributed by atoms with Crippen LogP contribution in [0.2, 0.25) is 0 Å². The lowest BCUT2D eigenvalue weighted by Crippen LogP contribution is -2.43. The summed E-state index contributed by atoms with van der Waals surface area (Å²) in [4.78, 5) is 24.0. The molecule has 0 saturated heterocycles. The highest BCUT2D eigenvalue weighted by Crippen LogP contribution is 1.84. The van der Waals surface area contributed by atoms with Crippen LogP contribution in [-0.2, 0) is 4.43 Å². The van der Waals surface area contributed by atoms with Crippen LogP contribution in [-0.4, -0.2) is 29.5 Å². The molecule has 0 aliphatic carbocycles. The molecule has 0 aliphatic rings. The van der Waals surface area contributed by atoms with Crippen LogP contribution in [0.1, 0.15) is 0 Å². The molecule has 0 aliphatic heterocycles. The summed E-state index contributed by atoms with van der Waals surface area (Å²) in [5.74, 6) is 0. The van der Waals surface area contributed by atoms with Crippen LogP contribution in [0, 0.1) is 5.41 Å². The Labute approximate surface area is 46.1 Å². The van der Waals surface area contributed by atoms with E-state index in [-0.39, 0.29) is 0 Å². The molecule has 6 N–H and O–H groups in total. The second-order valence-electron chi connectivity index (χ2n) is 1.04. The summed E-state index contributed by atoms with van der Waals surface area (Å²) in [6, 6.07) is -0.913. The molecule has 0 unspecified atom stereocenters. The first-order valence-electron chi connectivity index (χ1n) is 1.62. The molecule has 0 rings (SSSR count). The van der Waals surface area contributed by atoms with Gasteiger partial charge in [-0.3, -0.25) is 5.41 Å². The second-order valence-corrected chi connectivity index (χ2v) is 2.39. The molecule has 0 atom stereocenters. The van der Waals surface area contributed by atoms with Gasteiger partial charge in [-0.25, -0.2) is 0 Å². The maximum atomic E-state index is 8.00. The molecule has 8 heavy (non-hydrogen) atoms. The molecule has 0 saturated carbocycles. The summed E-state index contributed by atoms with van der Waals surface area (Å²) < 4.78 is 3.60. The van der Waals surface area contributed by atoms with Crippen LogP contribution in [0.25, 0.3) is 0 Å². The highest BCUT2D eigenvalue weighted by atomic mass is 28.4. The molecule has 0 aromatic rings. The van der Waals surface area contributed by atoms with Gasteiger partial charge >= 0.3 is 9.05 Å². The molecule has 6 nitrogen and oxygen atoms in total. The van der Waals surface area contributed by atoms with Crippen LogP contribution >= 0.6 is 0 Å². The Morgan fingerprint density at radius 2 is 1.88 bits per heavy atom. The van der Waals surface area contributed by atoms with Gasteiger partial charge in [0.05, 0.1) is 0 Å². The van der Waals surface area contributed by atoms with E-state index in [0.29, 0.717) is 0 Å². The van der Waals surface area contributed by atoms with Crippen molar-refractivity contribution in [1.29, 1.82) is 5.41 Å². The van der Waals surface area contributed by atoms with Crippen LogP contribution in [0.5, 0.6) is 0 Å². The van der Waals surface area contributed by atoms with Crippen LogP contribution < -0.4 is 5.73 Å². The molecule has 0 aromatic heterocycles. The third-order valence-electron chi connectivity index (χ3n) is 0.247. The fourth-order valence-corrected chi connectivity index (χ4v) is 0.443. The minimum atomic E-state index is -4.57. The van der Waals surface area contributed by atoms with E-state index >= 15 is 0 Å². The zero-order valence-electron chi connectivity index (χ0n) is 3.83. The Hall–Kier alpha value is -0.633. The lowest BCUT2D eigenvalue weighted by atomic mass is 11.3. The van der Waals surface area contributed by atoms with Crippen LogP contribution in [0.15, 0.2) is 0 Å². The van der Waals surface area contributed by atoms with Crippen LogP contribution in [0.4, 0.5) is 0 Å². The third-order valence-corrected chi connectivity index (χ3v) is 0.741. The molecular weight excluding hydrogens is 132 g/mol. The van der Waals surface area contributed by atoms with Crippen molar-refractivity contribution in [3.63, 3.8) is 0 Å². The summed E-state index contributed by atoms with van der Waals surface area (Å²) in [5.41, 5.74) is 4.49. The van der Waals surface area contributed by atoms with E-state index in [0.717, 1.165) is 0 Å².